The molecule has 2 heterocycles. The zero-order valence-corrected chi connectivity index (χ0v) is 15.8. The van der Waals surface area contributed by atoms with Gasteiger partial charge in [0.25, 0.3) is 5.91 Å². The van der Waals surface area contributed by atoms with Gasteiger partial charge in [-0.05, 0) is 43.9 Å². The molecule has 1 aromatic heterocycles. The quantitative estimate of drug-likeness (QED) is 0.776. The zero-order valence-electron chi connectivity index (χ0n) is 15.0. The van der Waals surface area contributed by atoms with Crippen molar-refractivity contribution in [3.63, 3.8) is 0 Å². The van der Waals surface area contributed by atoms with E-state index in [0.717, 1.165) is 50.3 Å². The number of hydrogen-bond donors (Lipinski definition) is 2. The number of rotatable bonds is 6. The Morgan fingerprint density at radius 1 is 1.19 bits per heavy atom. The minimum absolute atomic E-state index is 0.0238. The molecule has 2 aliphatic rings. The number of benzene rings is 1. The van der Waals surface area contributed by atoms with Crippen LogP contribution in [0.3, 0.4) is 0 Å². The van der Waals surface area contributed by atoms with Crippen molar-refractivity contribution in [3.8, 4) is 0 Å². The van der Waals surface area contributed by atoms with Gasteiger partial charge in [-0.1, -0.05) is 12.5 Å². The molecule has 1 aromatic carbocycles. The van der Waals surface area contributed by atoms with Gasteiger partial charge in [-0.25, -0.2) is 13.1 Å². The van der Waals surface area contributed by atoms with Crippen LogP contribution in [-0.4, -0.2) is 35.1 Å². The molecule has 0 bridgehead atoms. The summed E-state index contributed by atoms with van der Waals surface area (Å²) in [6.45, 7) is 1.14. The van der Waals surface area contributed by atoms with Crippen LogP contribution >= 0.6 is 0 Å². The Morgan fingerprint density at radius 2 is 2.04 bits per heavy atom. The highest BCUT2D eigenvalue weighted by Crippen LogP contribution is 2.22. The lowest BCUT2D eigenvalue weighted by atomic mass is 10.2. The summed E-state index contributed by atoms with van der Waals surface area (Å²) >= 11 is 0. The Morgan fingerprint density at radius 3 is 2.85 bits per heavy atom. The maximum atomic E-state index is 12.5. The molecule has 0 radical (unpaired) electrons. The van der Waals surface area contributed by atoms with Crippen LogP contribution < -0.4 is 10.0 Å². The molecular formula is C18H23N5O3S. The van der Waals surface area contributed by atoms with Crippen molar-refractivity contribution in [1.29, 1.82) is 0 Å². The van der Waals surface area contributed by atoms with Crippen LogP contribution in [0.25, 0.3) is 0 Å². The molecule has 0 unspecified atom stereocenters. The first-order valence-corrected chi connectivity index (χ1v) is 10.8. The van der Waals surface area contributed by atoms with E-state index in [1.165, 1.54) is 18.6 Å². The predicted octanol–water partition coefficient (Wildman–Crippen LogP) is 1.38. The minimum Gasteiger partial charge on any atom is -0.345 e. The number of fused-ring (bicyclic) bond motifs is 1. The number of aromatic nitrogens is 3. The van der Waals surface area contributed by atoms with Crippen LogP contribution in [-0.2, 0) is 29.5 Å². The Kier molecular flexibility index (Phi) is 4.96. The number of hydrogen-bond acceptors (Lipinski definition) is 5. The lowest BCUT2D eigenvalue weighted by Crippen LogP contribution is -2.27. The first-order chi connectivity index (χ1) is 13.0. The molecule has 1 fully saturated rings. The van der Waals surface area contributed by atoms with Gasteiger partial charge in [-0.15, -0.1) is 10.2 Å². The molecule has 2 aromatic rings. The van der Waals surface area contributed by atoms with E-state index >= 15 is 0 Å². The Labute approximate surface area is 158 Å². The summed E-state index contributed by atoms with van der Waals surface area (Å²) in [6, 6.07) is 6.12. The average Bonchev–Trinajstić information content (AvgIpc) is 3.43. The molecule has 9 heteroatoms. The highest BCUT2D eigenvalue weighted by atomic mass is 32.2. The van der Waals surface area contributed by atoms with Crippen molar-refractivity contribution in [1.82, 2.24) is 24.8 Å². The molecule has 1 aliphatic carbocycles. The molecule has 0 spiro atoms. The summed E-state index contributed by atoms with van der Waals surface area (Å²) in [5.74, 6) is 1.37. The topological polar surface area (TPSA) is 106 Å². The second kappa shape index (κ2) is 7.40. The number of aryl methyl sites for hydroxylation is 1. The van der Waals surface area contributed by atoms with Crippen LogP contribution in [0.2, 0.25) is 0 Å². The number of sulfonamides is 1. The van der Waals surface area contributed by atoms with Crippen molar-refractivity contribution in [2.75, 3.05) is 0 Å². The van der Waals surface area contributed by atoms with E-state index in [0.29, 0.717) is 5.56 Å². The van der Waals surface area contributed by atoms with Crippen LogP contribution in [0.15, 0.2) is 29.2 Å². The molecule has 0 saturated heterocycles. The van der Waals surface area contributed by atoms with Crippen LogP contribution in [0, 0.1) is 0 Å². The highest BCUT2D eigenvalue weighted by Gasteiger charge is 2.28. The Hall–Kier alpha value is -2.26. The third-order valence-electron chi connectivity index (χ3n) is 4.90. The lowest BCUT2D eigenvalue weighted by molar-refractivity contribution is 0.0949. The summed E-state index contributed by atoms with van der Waals surface area (Å²) in [7, 11) is -3.58. The maximum absolute atomic E-state index is 12.5. The molecule has 2 N–H and O–H groups in total. The smallest absolute Gasteiger partial charge is 0.251 e. The van der Waals surface area contributed by atoms with Gasteiger partial charge in [-0.3, -0.25) is 4.79 Å². The van der Waals surface area contributed by atoms with Crippen molar-refractivity contribution < 1.29 is 13.2 Å². The fourth-order valence-electron chi connectivity index (χ4n) is 3.23. The molecule has 144 valence electrons. The van der Waals surface area contributed by atoms with Gasteiger partial charge in [0.2, 0.25) is 10.0 Å². The molecule has 0 atom stereocenters. The summed E-state index contributed by atoms with van der Waals surface area (Å²) in [4.78, 5) is 12.6. The Bertz CT molecular complexity index is 950. The van der Waals surface area contributed by atoms with E-state index in [1.54, 1.807) is 12.1 Å². The summed E-state index contributed by atoms with van der Waals surface area (Å²) < 4.78 is 29.4. The zero-order chi connectivity index (χ0) is 18.9. The largest absolute Gasteiger partial charge is 0.345 e. The molecular weight excluding hydrogens is 366 g/mol. The standard InChI is InChI=1S/C18H23N5O3S/c24-18(19-12-17-21-20-16-7-2-1-3-10-23(16)17)13-5-4-6-15(11-13)27(25,26)22-14-8-9-14/h4-6,11,14,22H,1-3,7-10,12H2,(H,19,24). The first-order valence-electron chi connectivity index (χ1n) is 9.34. The van der Waals surface area contributed by atoms with E-state index in [1.807, 2.05) is 0 Å². The van der Waals surface area contributed by atoms with E-state index in [4.69, 9.17) is 0 Å². The van der Waals surface area contributed by atoms with Crippen molar-refractivity contribution in [2.24, 2.45) is 0 Å². The third kappa shape index (κ3) is 4.19. The van der Waals surface area contributed by atoms with Gasteiger partial charge in [-0.2, -0.15) is 0 Å². The normalized spacial score (nSPS) is 17.2. The first kappa shape index (κ1) is 18.1. The number of amides is 1. The second-order valence-corrected chi connectivity index (χ2v) is 8.81. The van der Waals surface area contributed by atoms with Crippen LogP contribution in [0.5, 0.6) is 0 Å². The third-order valence-corrected chi connectivity index (χ3v) is 6.42. The van der Waals surface area contributed by atoms with Gasteiger partial charge >= 0.3 is 0 Å². The second-order valence-electron chi connectivity index (χ2n) is 7.10. The lowest BCUT2D eigenvalue weighted by Gasteiger charge is -2.10. The number of nitrogens with zero attached hydrogens (tertiary/aromatic N) is 3. The minimum atomic E-state index is -3.58. The molecule has 27 heavy (non-hydrogen) atoms. The number of carbonyl (C=O) groups excluding carboxylic acids is 1. The predicted molar refractivity (Wildman–Crippen MR) is 98.5 cm³/mol. The van der Waals surface area contributed by atoms with Crippen LogP contribution in [0.1, 0.15) is 54.1 Å². The van der Waals surface area contributed by atoms with E-state index < -0.39 is 10.0 Å². The summed E-state index contributed by atoms with van der Waals surface area (Å²) in [5, 5.41) is 11.2. The van der Waals surface area contributed by atoms with Gasteiger partial charge in [0, 0.05) is 24.6 Å². The summed E-state index contributed by atoms with van der Waals surface area (Å²) in [5.41, 5.74) is 0.310. The number of carbonyl (C=O) groups is 1. The monoisotopic (exact) mass is 389 g/mol. The molecule has 1 saturated carbocycles. The fraction of sp³-hybridized carbons (Fsp3) is 0.500. The van der Waals surface area contributed by atoms with Crippen molar-refractivity contribution in [2.45, 2.75) is 62.6 Å². The van der Waals surface area contributed by atoms with Crippen LogP contribution in [0.4, 0.5) is 0 Å². The Balaban J connectivity index is 1.44. The van der Waals surface area contributed by atoms with Crippen molar-refractivity contribution in [3.05, 3.63) is 41.5 Å². The van der Waals surface area contributed by atoms with E-state index in [2.05, 4.69) is 24.8 Å². The van der Waals surface area contributed by atoms with Gasteiger partial charge in [0.05, 0.1) is 11.4 Å². The van der Waals surface area contributed by atoms with Gasteiger partial charge in [0.1, 0.15) is 5.82 Å². The molecule has 8 nitrogen and oxygen atoms in total. The van der Waals surface area contributed by atoms with Gasteiger partial charge < -0.3 is 9.88 Å². The van der Waals surface area contributed by atoms with Crippen molar-refractivity contribution >= 4 is 15.9 Å². The highest BCUT2D eigenvalue weighted by molar-refractivity contribution is 7.89. The number of nitrogens with one attached hydrogen (secondary N) is 2. The maximum Gasteiger partial charge on any atom is 0.251 e. The molecule has 1 amide bonds. The molecule has 1 aliphatic heterocycles. The van der Waals surface area contributed by atoms with Gasteiger partial charge in [0.15, 0.2) is 5.82 Å². The fourth-order valence-corrected chi connectivity index (χ4v) is 4.58. The average molecular weight is 389 g/mol. The SMILES string of the molecule is O=C(NCc1nnc2n1CCCCC2)c1cccc(S(=O)(=O)NC2CC2)c1. The van der Waals surface area contributed by atoms with E-state index in [9.17, 15) is 13.2 Å². The molecule has 4 rings (SSSR count). The van der Waals surface area contributed by atoms with E-state index in [-0.39, 0.29) is 23.4 Å². The summed E-state index contributed by atoms with van der Waals surface area (Å²) in [6.07, 6.45) is 6.00.